The molecular formula is C13H18N4. The Morgan fingerprint density at radius 1 is 1.18 bits per heavy atom. The van der Waals surface area contributed by atoms with E-state index in [1.165, 1.54) is 5.56 Å². The van der Waals surface area contributed by atoms with Gasteiger partial charge in [0.2, 0.25) is 0 Å². The van der Waals surface area contributed by atoms with Crippen LogP contribution in [0.5, 0.6) is 0 Å². The van der Waals surface area contributed by atoms with Gasteiger partial charge in [-0.15, -0.1) is 0 Å². The lowest BCUT2D eigenvalue weighted by Gasteiger charge is -2.07. The van der Waals surface area contributed by atoms with E-state index in [0.717, 1.165) is 24.5 Å². The molecule has 90 valence electrons. The predicted octanol–water partition coefficient (Wildman–Crippen LogP) is 2.47. The van der Waals surface area contributed by atoms with Gasteiger partial charge in [0.15, 0.2) is 0 Å². The summed E-state index contributed by atoms with van der Waals surface area (Å²) in [5.74, 6) is 0.965. The minimum Gasteiger partial charge on any atom is -0.378 e. The summed E-state index contributed by atoms with van der Waals surface area (Å²) in [5.41, 5.74) is 2.47. The maximum absolute atomic E-state index is 4.23. The van der Waals surface area contributed by atoms with Gasteiger partial charge < -0.3 is 5.32 Å². The molecule has 2 aromatic rings. The second-order valence-corrected chi connectivity index (χ2v) is 3.90. The van der Waals surface area contributed by atoms with E-state index in [1.807, 2.05) is 4.68 Å². The first-order valence-electron chi connectivity index (χ1n) is 6.03. The van der Waals surface area contributed by atoms with Gasteiger partial charge in [0.05, 0.1) is 6.54 Å². The molecule has 17 heavy (non-hydrogen) atoms. The average Bonchev–Trinajstić information content (AvgIpc) is 2.84. The monoisotopic (exact) mass is 230 g/mol. The largest absolute Gasteiger partial charge is 0.378 e. The smallest absolute Gasteiger partial charge is 0.146 e. The number of rotatable bonds is 5. The minimum atomic E-state index is 0.708. The molecule has 2 rings (SSSR count). The topological polar surface area (TPSA) is 42.7 Å². The molecule has 1 aromatic heterocycles. The fraction of sp³-hybridized carbons (Fsp3) is 0.385. The summed E-state index contributed by atoms with van der Waals surface area (Å²) in [6.45, 7) is 5.78. The molecule has 4 heteroatoms. The number of hydrogen-bond donors (Lipinski definition) is 1. The van der Waals surface area contributed by atoms with Gasteiger partial charge in [0, 0.05) is 12.2 Å². The van der Waals surface area contributed by atoms with Gasteiger partial charge in [-0.1, -0.05) is 19.1 Å². The molecule has 0 bridgehead atoms. The Morgan fingerprint density at radius 3 is 2.59 bits per heavy atom. The summed E-state index contributed by atoms with van der Waals surface area (Å²) >= 11 is 0. The van der Waals surface area contributed by atoms with Crippen molar-refractivity contribution in [2.45, 2.75) is 33.4 Å². The van der Waals surface area contributed by atoms with E-state index >= 15 is 0 Å². The minimum absolute atomic E-state index is 0.708. The van der Waals surface area contributed by atoms with E-state index in [0.29, 0.717) is 6.54 Å². The van der Waals surface area contributed by atoms with Gasteiger partial charge in [0.1, 0.15) is 12.2 Å². The number of aromatic nitrogens is 3. The van der Waals surface area contributed by atoms with Crippen LogP contribution in [0, 0.1) is 0 Å². The standard InChI is InChI=1S/C13H18N4/c1-3-11-5-7-12(8-6-11)14-9-13-15-10-16-17(13)4-2/h5-8,10,14H,3-4,9H2,1-2H3. The molecule has 1 N–H and O–H groups in total. The SMILES string of the molecule is CCc1ccc(NCc2ncnn2CC)cc1. The quantitative estimate of drug-likeness (QED) is 0.858. The molecule has 0 fully saturated rings. The van der Waals surface area contributed by atoms with Gasteiger partial charge in [-0.3, -0.25) is 0 Å². The second-order valence-electron chi connectivity index (χ2n) is 3.90. The van der Waals surface area contributed by atoms with Crippen molar-refractivity contribution in [3.63, 3.8) is 0 Å². The molecule has 1 aromatic carbocycles. The van der Waals surface area contributed by atoms with Crippen LogP contribution in [0.4, 0.5) is 5.69 Å². The lowest BCUT2D eigenvalue weighted by molar-refractivity contribution is 0.622. The maximum atomic E-state index is 4.23. The summed E-state index contributed by atoms with van der Waals surface area (Å²) in [7, 11) is 0. The molecule has 0 aliphatic heterocycles. The normalized spacial score (nSPS) is 10.5. The van der Waals surface area contributed by atoms with Crippen molar-refractivity contribution in [1.29, 1.82) is 0 Å². The van der Waals surface area contributed by atoms with E-state index in [2.05, 4.69) is 53.5 Å². The van der Waals surface area contributed by atoms with E-state index in [9.17, 15) is 0 Å². The average molecular weight is 230 g/mol. The number of nitrogens with zero attached hydrogens (tertiary/aromatic N) is 3. The van der Waals surface area contributed by atoms with Crippen LogP contribution in [0.25, 0.3) is 0 Å². The molecule has 0 amide bonds. The third-order valence-corrected chi connectivity index (χ3v) is 2.81. The van der Waals surface area contributed by atoms with Crippen LogP contribution >= 0.6 is 0 Å². The van der Waals surface area contributed by atoms with E-state index < -0.39 is 0 Å². The Hall–Kier alpha value is -1.84. The molecule has 0 spiro atoms. The van der Waals surface area contributed by atoms with Crippen molar-refractivity contribution in [2.75, 3.05) is 5.32 Å². The van der Waals surface area contributed by atoms with Crippen LogP contribution in [0.2, 0.25) is 0 Å². The Bertz CT molecular complexity index is 459. The van der Waals surface area contributed by atoms with Crippen molar-refractivity contribution >= 4 is 5.69 Å². The fourth-order valence-electron chi connectivity index (χ4n) is 1.73. The summed E-state index contributed by atoms with van der Waals surface area (Å²) < 4.78 is 1.90. The van der Waals surface area contributed by atoms with E-state index in [4.69, 9.17) is 0 Å². The Labute approximate surface area is 102 Å². The molecule has 0 radical (unpaired) electrons. The lowest BCUT2D eigenvalue weighted by Crippen LogP contribution is -2.08. The predicted molar refractivity (Wildman–Crippen MR) is 68.8 cm³/mol. The highest BCUT2D eigenvalue weighted by Crippen LogP contribution is 2.10. The first-order chi connectivity index (χ1) is 8.33. The number of aryl methyl sites for hydroxylation is 2. The zero-order valence-electron chi connectivity index (χ0n) is 10.3. The van der Waals surface area contributed by atoms with Gasteiger partial charge in [-0.05, 0) is 31.0 Å². The third-order valence-electron chi connectivity index (χ3n) is 2.81. The summed E-state index contributed by atoms with van der Waals surface area (Å²) in [6.07, 6.45) is 2.67. The Balaban J connectivity index is 1.97. The van der Waals surface area contributed by atoms with Crippen LogP contribution < -0.4 is 5.32 Å². The molecule has 1 heterocycles. The van der Waals surface area contributed by atoms with Gasteiger partial charge >= 0.3 is 0 Å². The molecule has 0 aliphatic carbocycles. The van der Waals surface area contributed by atoms with Crippen LogP contribution in [0.15, 0.2) is 30.6 Å². The Kier molecular flexibility index (Phi) is 3.75. The van der Waals surface area contributed by atoms with Crippen molar-refractivity contribution in [3.05, 3.63) is 42.0 Å². The summed E-state index contributed by atoms with van der Waals surface area (Å²) in [6, 6.07) is 8.50. The van der Waals surface area contributed by atoms with Gasteiger partial charge in [-0.2, -0.15) is 5.10 Å². The van der Waals surface area contributed by atoms with Crippen LogP contribution in [0.3, 0.4) is 0 Å². The second kappa shape index (κ2) is 5.48. The molecule has 0 aliphatic rings. The first kappa shape index (κ1) is 11.6. The van der Waals surface area contributed by atoms with Crippen molar-refractivity contribution in [1.82, 2.24) is 14.8 Å². The Morgan fingerprint density at radius 2 is 1.94 bits per heavy atom. The highest BCUT2D eigenvalue weighted by molar-refractivity contribution is 5.44. The molecule has 0 saturated carbocycles. The zero-order chi connectivity index (χ0) is 12.1. The highest BCUT2D eigenvalue weighted by Gasteiger charge is 2.01. The number of benzene rings is 1. The molecule has 0 unspecified atom stereocenters. The number of anilines is 1. The van der Waals surface area contributed by atoms with Crippen LogP contribution in [-0.2, 0) is 19.5 Å². The fourth-order valence-corrected chi connectivity index (χ4v) is 1.73. The molecule has 0 saturated heterocycles. The third kappa shape index (κ3) is 2.84. The highest BCUT2D eigenvalue weighted by atomic mass is 15.3. The molecule has 0 atom stereocenters. The first-order valence-corrected chi connectivity index (χ1v) is 6.03. The summed E-state index contributed by atoms with van der Waals surface area (Å²) in [4.78, 5) is 4.23. The van der Waals surface area contributed by atoms with E-state index in [1.54, 1.807) is 6.33 Å². The van der Waals surface area contributed by atoms with Crippen LogP contribution in [-0.4, -0.2) is 14.8 Å². The summed E-state index contributed by atoms with van der Waals surface area (Å²) in [5, 5.41) is 7.49. The number of hydrogen-bond acceptors (Lipinski definition) is 3. The van der Waals surface area contributed by atoms with E-state index in [-0.39, 0.29) is 0 Å². The lowest BCUT2D eigenvalue weighted by atomic mass is 10.1. The maximum Gasteiger partial charge on any atom is 0.146 e. The number of nitrogens with one attached hydrogen (secondary N) is 1. The van der Waals surface area contributed by atoms with Gasteiger partial charge in [0.25, 0.3) is 0 Å². The zero-order valence-corrected chi connectivity index (χ0v) is 10.3. The van der Waals surface area contributed by atoms with Gasteiger partial charge in [-0.25, -0.2) is 9.67 Å². The van der Waals surface area contributed by atoms with Crippen molar-refractivity contribution < 1.29 is 0 Å². The van der Waals surface area contributed by atoms with Crippen molar-refractivity contribution in [2.24, 2.45) is 0 Å². The van der Waals surface area contributed by atoms with Crippen molar-refractivity contribution in [3.8, 4) is 0 Å². The molecule has 4 nitrogen and oxygen atoms in total. The van der Waals surface area contributed by atoms with Crippen LogP contribution in [0.1, 0.15) is 25.2 Å². The molecular weight excluding hydrogens is 212 g/mol.